The van der Waals surface area contributed by atoms with Crippen molar-refractivity contribution in [3.05, 3.63) is 28.2 Å². The molecule has 2 unspecified atom stereocenters. The Bertz CT molecular complexity index is 768. The second-order valence-electron chi connectivity index (χ2n) is 5.74. The molecule has 2 heterocycles. The molecule has 1 aliphatic heterocycles. The molecule has 1 amide bonds. The van der Waals surface area contributed by atoms with Crippen molar-refractivity contribution < 1.29 is 9.53 Å². The topological polar surface area (TPSA) is 76.1 Å². The number of carbonyl (C=O) groups excluding carboxylic acids is 1. The highest BCUT2D eigenvalue weighted by Crippen LogP contribution is 2.32. The minimum absolute atomic E-state index is 0.178. The first-order valence-corrected chi connectivity index (χ1v) is 10.6. The number of ether oxygens (including phenoxy) is 1. The van der Waals surface area contributed by atoms with Crippen LogP contribution in [-0.4, -0.2) is 40.6 Å². The minimum Gasteiger partial charge on any atom is -0.376 e. The quantitative estimate of drug-likeness (QED) is 0.624. The maximum atomic E-state index is 12.4. The number of nitrogens with one attached hydrogen (secondary N) is 2. The molecule has 1 fully saturated rings. The number of anilines is 2. The molecule has 2 aromatic rings. The van der Waals surface area contributed by atoms with Gasteiger partial charge in [-0.15, -0.1) is 10.2 Å². The van der Waals surface area contributed by atoms with Crippen LogP contribution < -0.4 is 10.6 Å². The van der Waals surface area contributed by atoms with E-state index >= 15 is 0 Å². The van der Waals surface area contributed by atoms with E-state index in [0.717, 1.165) is 35.5 Å². The first-order valence-electron chi connectivity index (χ1n) is 8.13. The number of hydrogen-bond donors (Lipinski definition) is 2. The fraction of sp³-hybridized carbons (Fsp3) is 0.438. The van der Waals surface area contributed by atoms with E-state index in [1.165, 1.54) is 23.1 Å². The highest BCUT2D eigenvalue weighted by molar-refractivity contribution is 8.02. The molecule has 2 atom stereocenters. The summed E-state index contributed by atoms with van der Waals surface area (Å²) in [5.74, 6) is -0.178. The van der Waals surface area contributed by atoms with E-state index in [1.807, 2.05) is 0 Å². The number of nitrogens with zero attached hydrogens (tertiary/aromatic N) is 2. The number of rotatable bonds is 7. The molecule has 0 spiro atoms. The van der Waals surface area contributed by atoms with Crippen molar-refractivity contribution >= 4 is 63.0 Å². The van der Waals surface area contributed by atoms with Crippen LogP contribution in [0.25, 0.3) is 0 Å². The lowest BCUT2D eigenvalue weighted by molar-refractivity contribution is -0.115. The van der Waals surface area contributed by atoms with Gasteiger partial charge in [-0.25, -0.2) is 0 Å². The van der Waals surface area contributed by atoms with Crippen LogP contribution in [0.2, 0.25) is 10.0 Å². The van der Waals surface area contributed by atoms with Crippen molar-refractivity contribution in [1.29, 1.82) is 0 Å². The number of benzene rings is 1. The normalized spacial score (nSPS) is 17.9. The van der Waals surface area contributed by atoms with E-state index in [2.05, 4.69) is 20.8 Å². The van der Waals surface area contributed by atoms with Crippen molar-refractivity contribution in [3.8, 4) is 0 Å². The number of halogens is 2. The molecule has 1 aliphatic rings. The van der Waals surface area contributed by atoms with Crippen molar-refractivity contribution in [1.82, 2.24) is 10.2 Å². The Morgan fingerprint density at radius 3 is 3.08 bits per heavy atom. The number of aromatic nitrogens is 2. The predicted octanol–water partition coefficient (Wildman–Crippen LogP) is 4.56. The second kappa shape index (κ2) is 9.23. The zero-order valence-electron chi connectivity index (χ0n) is 14.0. The third-order valence-corrected chi connectivity index (χ3v) is 6.65. The Labute approximate surface area is 170 Å². The summed E-state index contributed by atoms with van der Waals surface area (Å²) < 4.78 is 6.29. The largest absolute Gasteiger partial charge is 0.376 e. The summed E-state index contributed by atoms with van der Waals surface area (Å²) in [7, 11) is 0. The molecule has 1 aromatic carbocycles. The van der Waals surface area contributed by atoms with Gasteiger partial charge in [0.25, 0.3) is 0 Å². The van der Waals surface area contributed by atoms with Crippen molar-refractivity contribution in [2.75, 3.05) is 23.8 Å². The van der Waals surface area contributed by atoms with Crippen molar-refractivity contribution in [3.63, 3.8) is 0 Å². The summed E-state index contributed by atoms with van der Waals surface area (Å²) in [6, 6.07) is 5.12. The Morgan fingerprint density at radius 1 is 1.46 bits per heavy atom. The van der Waals surface area contributed by atoms with Crippen LogP contribution in [0.4, 0.5) is 10.8 Å². The molecule has 0 radical (unpaired) electrons. The molecule has 26 heavy (non-hydrogen) atoms. The molecule has 1 saturated heterocycles. The van der Waals surface area contributed by atoms with Crippen molar-refractivity contribution in [2.45, 2.75) is 35.5 Å². The van der Waals surface area contributed by atoms with E-state index in [-0.39, 0.29) is 17.3 Å². The molecule has 10 heteroatoms. The molecule has 2 N–H and O–H groups in total. The van der Waals surface area contributed by atoms with Crippen LogP contribution in [0.15, 0.2) is 22.5 Å². The predicted molar refractivity (Wildman–Crippen MR) is 108 cm³/mol. The van der Waals surface area contributed by atoms with E-state index in [4.69, 9.17) is 27.9 Å². The van der Waals surface area contributed by atoms with E-state index in [0.29, 0.717) is 15.7 Å². The van der Waals surface area contributed by atoms with Gasteiger partial charge < -0.3 is 15.4 Å². The van der Waals surface area contributed by atoms with Crippen LogP contribution in [0.5, 0.6) is 0 Å². The lowest BCUT2D eigenvalue weighted by atomic mass is 10.2. The molecule has 0 saturated carbocycles. The zero-order chi connectivity index (χ0) is 18.5. The third kappa shape index (κ3) is 5.23. The molecule has 0 bridgehead atoms. The summed E-state index contributed by atoms with van der Waals surface area (Å²) in [6.07, 6.45) is 2.41. The second-order valence-corrected chi connectivity index (χ2v) is 9.09. The van der Waals surface area contributed by atoms with Gasteiger partial charge >= 0.3 is 0 Å². The Hall–Kier alpha value is -1.06. The van der Waals surface area contributed by atoms with Crippen LogP contribution >= 0.6 is 46.3 Å². The Balaban J connectivity index is 1.51. The summed E-state index contributed by atoms with van der Waals surface area (Å²) in [5, 5.41) is 15.4. The van der Waals surface area contributed by atoms with E-state index < -0.39 is 0 Å². The highest BCUT2D eigenvalue weighted by Gasteiger charge is 2.20. The standard InChI is InChI=1S/C16H18Cl2N4O2S2/c1-9(14(23)20-12-6-2-5-11(17)13(12)18)25-16-22-21-15(26-16)19-8-10-4-3-7-24-10/h2,5-6,9-10H,3-4,7-8H2,1H3,(H,19,21)(H,20,23). The number of thioether (sulfide) groups is 1. The van der Waals surface area contributed by atoms with Crippen LogP contribution in [0.3, 0.4) is 0 Å². The molecule has 140 valence electrons. The first-order chi connectivity index (χ1) is 12.5. The molecule has 3 rings (SSSR count). The monoisotopic (exact) mass is 432 g/mol. The summed E-state index contributed by atoms with van der Waals surface area (Å²) in [4.78, 5) is 12.4. The molecule has 0 aliphatic carbocycles. The molecule has 6 nitrogen and oxygen atoms in total. The van der Waals surface area contributed by atoms with Gasteiger partial charge in [-0.2, -0.15) is 0 Å². The lowest BCUT2D eigenvalue weighted by Gasteiger charge is -2.12. The van der Waals surface area contributed by atoms with Gasteiger partial charge in [0, 0.05) is 13.2 Å². The SMILES string of the molecule is CC(Sc1nnc(NCC2CCCO2)s1)C(=O)Nc1cccc(Cl)c1Cl. The summed E-state index contributed by atoms with van der Waals surface area (Å²) in [6.45, 7) is 3.36. The van der Waals surface area contributed by atoms with Crippen molar-refractivity contribution in [2.24, 2.45) is 0 Å². The maximum Gasteiger partial charge on any atom is 0.237 e. The lowest BCUT2D eigenvalue weighted by Crippen LogP contribution is -2.22. The minimum atomic E-state index is -0.357. The fourth-order valence-corrected chi connectivity index (χ4v) is 4.63. The number of carbonyl (C=O) groups is 1. The maximum absolute atomic E-state index is 12.4. The zero-order valence-corrected chi connectivity index (χ0v) is 17.1. The van der Waals surface area contributed by atoms with E-state index in [1.54, 1.807) is 25.1 Å². The van der Waals surface area contributed by atoms with Gasteiger partial charge in [0.15, 0.2) is 4.34 Å². The molecular weight excluding hydrogens is 415 g/mol. The number of amides is 1. The molecular formula is C16H18Cl2N4O2S2. The van der Waals surface area contributed by atoms with Crippen LogP contribution in [0.1, 0.15) is 19.8 Å². The van der Waals surface area contributed by atoms with Crippen LogP contribution in [-0.2, 0) is 9.53 Å². The van der Waals surface area contributed by atoms with Gasteiger partial charge in [0.2, 0.25) is 11.0 Å². The van der Waals surface area contributed by atoms with E-state index in [9.17, 15) is 4.79 Å². The third-order valence-electron chi connectivity index (χ3n) is 3.77. The Kier molecular flexibility index (Phi) is 6.99. The average molecular weight is 433 g/mol. The average Bonchev–Trinajstić information content (AvgIpc) is 3.28. The smallest absolute Gasteiger partial charge is 0.237 e. The molecule has 1 aromatic heterocycles. The van der Waals surface area contributed by atoms with Gasteiger partial charge in [-0.3, -0.25) is 4.79 Å². The van der Waals surface area contributed by atoms with Crippen LogP contribution in [0, 0.1) is 0 Å². The summed E-state index contributed by atoms with van der Waals surface area (Å²) in [5.41, 5.74) is 0.493. The highest BCUT2D eigenvalue weighted by atomic mass is 35.5. The van der Waals surface area contributed by atoms with Gasteiger partial charge in [0.1, 0.15) is 0 Å². The first kappa shape index (κ1) is 19.7. The van der Waals surface area contributed by atoms with Gasteiger partial charge in [-0.1, -0.05) is 52.4 Å². The summed E-state index contributed by atoms with van der Waals surface area (Å²) >= 11 is 14.8. The fourth-order valence-electron chi connectivity index (χ4n) is 2.37. The van der Waals surface area contributed by atoms with Gasteiger partial charge in [0.05, 0.1) is 27.1 Å². The van der Waals surface area contributed by atoms with Gasteiger partial charge in [-0.05, 0) is 31.9 Å². The number of hydrogen-bond acceptors (Lipinski definition) is 7. The Morgan fingerprint density at radius 2 is 2.31 bits per heavy atom.